The van der Waals surface area contributed by atoms with Gasteiger partial charge >= 0.3 is 0 Å². The fourth-order valence-electron chi connectivity index (χ4n) is 3.98. The molecule has 3 heteroatoms. The average molecular weight is 288 g/mol. The van der Waals surface area contributed by atoms with Crippen molar-refractivity contribution in [2.45, 2.75) is 51.1 Å². The third-order valence-electron chi connectivity index (χ3n) is 4.96. The van der Waals surface area contributed by atoms with Gasteiger partial charge in [-0.1, -0.05) is 43.3 Å². The van der Waals surface area contributed by atoms with Crippen LogP contribution >= 0.6 is 12.2 Å². The maximum Gasteiger partial charge on any atom is 0.103 e. The Kier molecular flexibility index (Phi) is 4.37. The van der Waals surface area contributed by atoms with Crippen molar-refractivity contribution in [2.24, 2.45) is 11.7 Å². The summed E-state index contributed by atoms with van der Waals surface area (Å²) in [5, 5.41) is 0. The van der Waals surface area contributed by atoms with Gasteiger partial charge in [0.05, 0.1) is 0 Å². The summed E-state index contributed by atoms with van der Waals surface area (Å²) in [5.74, 6) is 0.941. The fourth-order valence-corrected chi connectivity index (χ4v) is 4.11. The van der Waals surface area contributed by atoms with Crippen LogP contribution in [0.3, 0.4) is 0 Å². The third-order valence-corrected chi connectivity index (χ3v) is 5.19. The average Bonchev–Trinajstić information content (AvgIpc) is 2.48. The Labute approximate surface area is 127 Å². The Morgan fingerprint density at radius 1 is 1.20 bits per heavy atom. The summed E-state index contributed by atoms with van der Waals surface area (Å²) < 4.78 is 0. The van der Waals surface area contributed by atoms with Gasteiger partial charge in [-0.2, -0.15) is 0 Å². The molecule has 1 heterocycles. The highest BCUT2D eigenvalue weighted by Gasteiger charge is 2.32. The van der Waals surface area contributed by atoms with Crippen molar-refractivity contribution < 1.29 is 0 Å². The van der Waals surface area contributed by atoms with Crippen molar-refractivity contribution in [1.29, 1.82) is 0 Å². The van der Waals surface area contributed by atoms with Crippen LogP contribution in [0.5, 0.6) is 0 Å². The monoisotopic (exact) mass is 288 g/mol. The van der Waals surface area contributed by atoms with Crippen molar-refractivity contribution in [3.8, 4) is 0 Å². The van der Waals surface area contributed by atoms with E-state index in [1.807, 2.05) is 6.07 Å². The number of hydrogen-bond donors (Lipinski definition) is 1. The van der Waals surface area contributed by atoms with Crippen molar-refractivity contribution in [3.63, 3.8) is 0 Å². The predicted molar refractivity (Wildman–Crippen MR) is 87.7 cm³/mol. The van der Waals surface area contributed by atoms with Crippen LogP contribution in [0.2, 0.25) is 0 Å². The minimum atomic E-state index is 0.501. The first-order valence-electron chi connectivity index (χ1n) is 7.87. The number of benzene rings is 1. The smallest absolute Gasteiger partial charge is 0.103 e. The summed E-state index contributed by atoms with van der Waals surface area (Å²) in [4.78, 5) is 3.20. The van der Waals surface area contributed by atoms with E-state index in [2.05, 4.69) is 23.1 Å². The number of nitrogens with two attached hydrogens (primary N) is 1. The van der Waals surface area contributed by atoms with Crippen LogP contribution in [0.25, 0.3) is 0 Å². The predicted octanol–water partition coefficient (Wildman–Crippen LogP) is 3.48. The zero-order valence-corrected chi connectivity index (χ0v) is 12.9. The highest BCUT2D eigenvalue weighted by molar-refractivity contribution is 7.80. The van der Waals surface area contributed by atoms with Crippen molar-refractivity contribution in [1.82, 2.24) is 4.90 Å². The summed E-state index contributed by atoms with van der Waals surface area (Å²) >= 11 is 5.08. The first-order chi connectivity index (χ1) is 9.74. The summed E-state index contributed by atoms with van der Waals surface area (Å²) in [6.07, 6.45) is 8.47. The van der Waals surface area contributed by atoms with Crippen LogP contribution in [0.4, 0.5) is 0 Å². The van der Waals surface area contributed by atoms with Gasteiger partial charge in [0.25, 0.3) is 0 Å². The Morgan fingerprint density at radius 3 is 2.85 bits per heavy atom. The maximum absolute atomic E-state index is 5.74. The second-order valence-electron chi connectivity index (χ2n) is 6.29. The lowest BCUT2D eigenvalue weighted by Gasteiger charge is -2.44. The van der Waals surface area contributed by atoms with Crippen LogP contribution in [0, 0.1) is 5.92 Å². The van der Waals surface area contributed by atoms with E-state index in [-0.39, 0.29) is 0 Å². The molecule has 108 valence electrons. The molecule has 3 rings (SSSR count). The molecule has 1 aromatic rings. The molecule has 1 saturated carbocycles. The number of piperidine rings is 1. The molecule has 0 radical (unpaired) electrons. The molecule has 2 N–H and O–H groups in total. The number of nitrogens with zero attached hydrogens (tertiary/aromatic N) is 1. The molecule has 2 aliphatic rings. The van der Waals surface area contributed by atoms with E-state index in [0.29, 0.717) is 4.99 Å². The van der Waals surface area contributed by atoms with Gasteiger partial charge in [0.15, 0.2) is 0 Å². The molecule has 2 fully saturated rings. The second-order valence-corrected chi connectivity index (χ2v) is 6.73. The van der Waals surface area contributed by atoms with Crippen molar-refractivity contribution >= 4 is 17.2 Å². The Morgan fingerprint density at radius 2 is 2.00 bits per heavy atom. The van der Waals surface area contributed by atoms with E-state index in [4.69, 9.17) is 18.0 Å². The van der Waals surface area contributed by atoms with Gasteiger partial charge in [-0.25, -0.2) is 0 Å². The topological polar surface area (TPSA) is 29.3 Å². The standard InChI is InChI=1S/C17H24N2S/c18-17(20)15-7-3-5-13(11-15)12-19-10-4-8-14-6-1-2-9-16(14)19/h3,5,7,11,14,16H,1-2,4,6,8-10,12H2,(H2,18,20). The zero-order chi connectivity index (χ0) is 13.9. The van der Waals surface area contributed by atoms with Crippen molar-refractivity contribution in [2.75, 3.05) is 6.54 Å². The van der Waals surface area contributed by atoms with Gasteiger partial charge in [0, 0.05) is 18.2 Å². The van der Waals surface area contributed by atoms with E-state index in [1.165, 1.54) is 50.6 Å². The minimum absolute atomic E-state index is 0.501. The summed E-state index contributed by atoms with van der Waals surface area (Å²) in [5.41, 5.74) is 8.08. The molecular weight excluding hydrogens is 264 g/mol. The Hall–Kier alpha value is -0.930. The first-order valence-corrected chi connectivity index (χ1v) is 8.27. The lowest BCUT2D eigenvalue weighted by molar-refractivity contribution is 0.0547. The first kappa shape index (κ1) is 14.0. The number of hydrogen-bond acceptors (Lipinski definition) is 2. The molecule has 1 aliphatic carbocycles. The van der Waals surface area contributed by atoms with Crippen LogP contribution in [-0.4, -0.2) is 22.5 Å². The molecule has 0 spiro atoms. The normalized spacial score (nSPS) is 27.0. The molecule has 20 heavy (non-hydrogen) atoms. The fraction of sp³-hybridized carbons (Fsp3) is 0.588. The van der Waals surface area contributed by atoms with Crippen LogP contribution in [-0.2, 0) is 6.54 Å². The van der Waals surface area contributed by atoms with E-state index in [0.717, 1.165) is 24.1 Å². The summed E-state index contributed by atoms with van der Waals surface area (Å²) in [6, 6.07) is 9.26. The van der Waals surface area contributed by atoms with Gasteiger partial charge in [-0.15, -0.1) is 0 Å². The SMILES string of the molecule is NC(=S)c1cccc(CN2CCCC3CCCCC32)c1. The molecular formula is C17H24N2S. The molecule has 0 bridgehead atoms. The molecule has 1 aliphatic heterocycles. The van der Waals surface area contributed by atoms with E-state index in [9.17, 15) is 0 Å². The number of fused-ring (bicyclic) bond motifs is 1. The molecule has 2 unspecified atom stereocenters. The Bertz CT molecular complexity index is 484. The zero-order valence-electron chi connectivity index (χ0n) is 12.1. The molecule has 1 saturated heterocycles. The number of rotatable bonds is 3. The summed E-state index contributed by atoms with van der Waals surface area (Å²) in [7, 11) is 0. The van der Waals surface area contributed by atoms with Gasteiger partial charge < -0.3 is 5.73 Å². The van der Waals surface area contributed by atoms with Crippen LogP contribution < -0.4 is 5.73 Å². The van der Waals surface area contributed by atoms with Gasteiger partial charge in [0.1, 0.15) is 4.99 Å². The van der Waals surface area contributed by atoms with Crippen molar-refractivity contribution in [3.05, 3.63) is 35.4 Å². The van der Waals surface area contributed by atoms with E-state index < -0.39 is 0 Å². The molecule has 0 amide bonds. The number of likely N-dealkylation sites (tertiary alicyclic amines) is 1. The lowest BCUT2D eigenvalue weighted by Crippen LogP contribution is -2.46. The number of thiocarbonyl (C=S) groups is 1. The van der Waals surface area contributed by atoms with Gasteiger partial charge in [-0.05, 0) is 49.8 Å². The summed E-state index contributed by atoms with van der Waals surface area (Å²) in [6.45, 7) is 2.30. The molecule has 2 atom stereocenters. The van der Waals surface area contributed by atoms with E-state index in [1.54, 1.807) is 0 Å². The second kappa shape index (κ2) is 6.23. The molecule has 2 nitrogen and oxygen atoms in total. The lowest BCUT2D eigenvalue weighted by atomic mass is 9.78. The highest BCUT2D eigenvalue weighted by atomic mass is 32.1. The third kappa shape index (κ3) is 3.04. The van der Waals surface area contributed by atoms with Gasteiger partial charge in [-0.3, -0.25) is 4.90 Å². The largest absolute Gasteiger partial charge is 0.389 e. The minimum Gasteiger partial charge on any atom is -0.389 e. The maximum atomic E-state index is 5.74. The highest BCUT2D eigenvalue weighted by Crippen LogP contribution is 2.35. The van der Waals surface area contributed by atoms with Gasteiger partial charge in [0.2, 0.25) is 0 Å². The van der Waals surface area contributed by atoms with Crippen LogP contribution in [0.15, 0.2) is 24.3 Å². The quantitative estimate of drug-likeness (QED) is 0.864. The Balaban J connectivity index is 1.72. The van der Waals surface area contributed by atoms with E-state index >= 15 is 0 Å². The van der Waals surface area contributed by atoms with Crippen LogP contribution in [0.1, 0.15) is 49.7 Å². The molecule has 1 aromatic carbocycles. The molecule has 0 aromatic heterocycles.